The zero-order chi connectivity index (χ0) is 31.4. The Kier molecular flexibility index (Phi) is 9.97. The molecule has 2 unspecified atom stereocenters. The number of carbonyl (C=O) groups is 2. The molecule has 9 heteroatoms. The van der Waals surface area contributed by atoms with Crippen molar-refractivity contribution in [3.8, 4) is 16.9 Å². The van der Waals surface area contributed by atoms with Crippen molar-refractivity contribution in [2.45, 2.75) is 70.2 Å². The first-order valence-corrected chi connectivity index (χ1v) is 16.2. The maximum atomic E-state index is 13.6. The molecule has 0 aromatic heterocycles. The van der Waals surface area contributed by atoms with E-state index in [1.807, 2.05) is 43.3 Å². The quantitative estimate of drug-likeness (QED) is 0.241. The number of methoxy groups -OCH3 is 1. The van der Waals surface area contributed by atoms with Gasteiger partial charge in [-0.05, 0) is 78.6 Å². The SMILES string of the molecule is COC(=O)C(NS(=O)(=O)c1ccc(-c2ccc(NC(=O)C3(C)COc4cccc(CCCC(C)C)c43)cc2)cc1)C(C)C. The number of esters is 1. The van der Waals surface area contributed by atoms with E-state index in [1.54, 1.807) is 26.0 Å². The molecule has 2 atom stereocenters. The molecule has 0 spiro atoms. The van der Waals surface area contributed by atoms with Crippen LogP contribution in [-0.4, -0.2) is 40.1 Å². The predicted molar refractivity (Wildman–Crippen MR) is 169 cm³/mol. The molecule has 8 nitrogen and oxygen atoms in total. The Balaban J connectivity index is 1.46. The lowest BCUT2D eigenvalue weighted by molar-refractivity contribution is -0.143. The van der Waals surface area contributed by atoms with Crippen LogP contribution in [0.15, 0.2) is 71.6 Å². The lowest BCUT2D eigenvalue weighted by Crippen LogP contribution is -2.44. The van der Waals surface area contributed by atoms with Crippen LogP contribution in [0.1, 0.15) is 58.6 Å². The smallest absolute Gasteiger partial charge is 0.324 e. The van der Waals surface area contributed by atoms with Gasteiger partial charge in [0.05, 0.1) is 12.0 Å². The van der Waals surface area contributed by atoms with Crippen LogP contribution in [0.4, 0.5) is 5.69 Å². The fraction of sp³-hybridized carbons (Fsp3) is 0.412. The fourth-order valence-corrected chi connectivity index (χ4v) is 6.70. The van der Waals surface area contributed by atoms with Crippen molar-refractivity contribution in [3.05, 3.63) is 77.9 Å². The summed E-state index contributed by atoms with van der Waals surface area (Å²) in [5, 5.41) is 3.07. The summed E-state index contributed by atoms with van der Waals surface area (Å²) in [5.74, 6) is 0.368. The van der Waals surface area contributed by atoms with Crippen LogP contribution in [0.5, 0.6) is 5.75 Å². The van der Waals surface area contributed by atoms with Crippen molar-refractivity contribution < 1.29 is 27.5 Å². The highest BCUT2D eigenvalue weighted by Gasteiger charge is 2.44. The lowest BCUT2D eigenvalue weighted by Gasteiger charge is -2.24. The Morgan fingerprint density at radius 2 is 1.58 bits per heavy atom. The molecule has 0 radical (unpaired) electrons. The maximum absolute atomic E-state index is 13.6. The average molecular weight is 607 g/mol. The second-order valence-electron chi connectivity index (χ2n) is 12.1. The van der Waals surface area contributed by atoms with Crippen molar-refractivity contribution in [2.75, 3.05) is 19.0 Å². The number of carbonyl (C=O) groups excluding carboxylic acids is 2. The highest BCUT2D eigenvalue weighted by molar-refractivity contribution is 7.89. The van der Waals surface area contributed by atoms with E-state index in [4.69, 9.17) is 9.47 Å². The Morgan fingerprint density at radius 1 is 0.953 bits per heavy atom. The Bertz CT molecular complexity index is 1550. The Hall–Kier alpha value is -3.69. The van der Waals surface area contributed by atoms with E-state index in [2.05, 4.69) is 30.0 Å². The number of anilines is 1. The van der Waals surface area contributed by atoms with Gasteiger partial charge in [0, 0.05) is 11.3 Å². The summed E-state index contributed by atoms with van der Waals surface area (Å²) in [6.07, 6.45) is 3.09. The van der Waals surface area contributed by atoms with Gasteiger partial charge in [0.25, 0.3) is 0 Å². The third-order valence-corrected chi connectivity index (χ3v) is 9.41. The minimum absolute atomic E-state index is 0.0468. The summed E-state index contributed by atoms with van der Waals surface area (Å²) in [4.78, 5) is 25.7. The number of hydrogen-bond acceptors (Lipinski definition) is 6. The molecule has 230 valence electrons. The van der Waals surface area contributed by atoms with Crippen molar-refractivity contribution in [1.29, 1.82) is 0 Å². The van der Waals surface area contributed by atoms with E-state index in [1.165, 1.54) is 19.2 Å². The number of sulfonamides is 1. The zero-order valence-electron chi connectivity index (χ0n) is 25.8. The molecule has 43 heavy (non-hydrogen) atoms. The van der Waals surface area contributed by atoms with E-state index in [-0.39, 0.29) is 23.3 Å². The van der Waals surface area contributed by atoms with Crippen molar-refractivity contribution in [1.82, 2.24) is 4.72 Å². The van der Waals surface area contributed by atoms with Gasteiger partial charge >= 0.3 is 5.97 Å². The number of fused-ring (bicyclic) bond motifs is 1. The number of nitrogens with one attached hydrogen (secondary N) is 2. The molecule has 1 aliphatic heterocycles. The summed E-state index contributed by atoms with van der Waals surface area (Å²) >= 11 is 0. The molecule has 2 N–H and O–H groups in total. The van der Waals surface area contributed by atoms with Crippen LogP contribution >= 0.6 is 0 Å². The first kappa shape index (κ1) is 32.2. The normalized spacial score (nSPS) is 16.9. The third kappa shape index (κ3) is 7.28. The largest absolute Gasteiger partial charge is 0.492 e. The predicted octanol–water partition coefficient (Wildman–Crippen LogP) is 6.10. The molecule has 1 amide bonds. The Morgan fingerprint density at radius 3 is 2.16 bits per heavy atom. The number of benzene rings is 3. The maximum Gasteiger partial charge on any atom is 0.324 e. The van der Waals surface area contributed by atoms with Crippen LogP contribution in [0.2, 0.25) is 0 Å². The van der Waals surface area contributed by atoms with E-state index in [9.17, 15) is 18.0 Å². The van der Waals surface area contributed by atoms with Crippen LogP contribution in [0.3, 0.4) is 0 Å². The highest BCUT2D eigenvalue weighted by atomic mass is 32.2. The fourth-order valence-electron chi connectivity index (χ4n) is 5.37. The summed E-state index contributed by atoms with van der Waals surface area (Å²) in [6.45, 7) is 10.1. The number of rotatable bonds is 12. The molecule has 0 saturated carbocycles. The van der Waals surface area contributed by atoms with Gasteiger partial charge < -0.3 is 14.8 Å². The summed E-state index contributed by atoms with van der Waals surface area (Å²) in [7, 11) is -2.71. The van der Waals surface area contributed by atoms with E-state index in [0.717, 1.165) is 47.3 Å². The van der Waals surface area contributed by atoms with Gasteiger partial charge in [0.1, 0.15) is 23.8 Å². The summed E-state index contributed by atoms with van der Waals surface area (Å²) in [6, 6.07) is 18.9. The molecule has 3 aromatic carbocycles. The molecule has 0 aliphatic carbocycles. The van der Waals surface area contributed by atoms with Crippen LogP contribution in [0, 0.1) is 11.8 Å². The first-order chi connectivity index (χ1) is 20.4. The monoisotopic (exact) mass is 606 g/mol. The van der Waals surface area contributed by atoms with Crippen molar-refractivity contribution in [2.24, 2.45) is 11.8 Å². The van der Waals surface area contributed by atoms with Gasteiger partial charge in [-0.3, -0.25) is 9.59 Å². The molecule has 1 aliphatic rings. The van der Waals surface area contributed by atoms with Crippen LogP contribution in [0.25, 0.3) is 11.1 Å². The summed E-state index contributed by atoms with van der Waals surface area (Å²) in [5.41, 5.74) is 3.66. The number of hydrogen-bond donors (Lipinski definition) is 2. The van der Waals surface area contributed by atoms with Gasteiger partial charge in [-0.2, -0.15) is 4.72 Å². The van der Waals surface area contributed by atoms with Gasteiger partial charge in [0.2, 0.25) is 15.9 Å². The minimum Gasteiger partial charge on any atom is -0.492 e. The van der Waals surface area contributed by atoms with Crippen molar-refractivity contribution in [3.63, 3.8) is 0 Å². The molecule has 0 saturated heterocycles. The minimum atomic E-state index is -3.94. The second-order valence-corrected chi connectivity index (χ2v) is 13.8. The zero-order valence-corrected chi connectivity index (χ0v) is 26.6. The second kappa shape index (κ2) is 13.3. The molecular weight excluding hydrogens is 564 g/mol. The van der Waals surface area contributed by atoms with E-state index < -0.39 is 27.4 Å². The average Bonchev–Trinajstić information content (AvgIpc) is 3.34. The van der Waals surface area contributed by atoms with Crippen LogP contribution < -0.4 is 14.8 Å². The summed E-state index contributed by atoms with van der Waals surface area (Å²) < 4.78 is 39.0. The van der Waals surface area contributed by atoms with Gasteiger partial charge in [-0.15, -0.1) is 0 Å². The lowest BCUT2D eigenvalue weighted by atomic mass is 9.79. The first-order valence-electron chi connectivity index (χ1n) is 14.7. The van der Waals surface area contributed by atoms with Gasteiger partial charge in [-0.1, -0.05) is 70.5 Å². The van der Waals surface area contributed by atoms with Crippen LogP contribution in [-0.2, 0) is 36.2 Å². The topological polar surface area (TPSA) is 111 Å². The molecule has 3 aromatic rings. The van der Waals surface area contributed by atoms with Gasteiger partial charge in [-0.25, -0.2) is 8.42 Å². The van der Waals surface area contributed by atoms with E-state index in [0.29, 0.717) is 11.6 Å². The standard InChI is InChI=1S/C34H42N2O6S/c1-22(2)9-7-10-26-11-8-12-29-30(26)34(5,21-42-29)33(38)35-27-17-13-24(14-18-27)25-15-19-28(20-16-25)43(39,40)36-31(23(3)4)32(37)41-6/h8,11-20,22-23,31,36H,7,9-10,21H2,1-6H3,(H,35,38). The van der Waals surface area contributed by atoms with E-state index >= 15 is 0 Å². The van der Waals surface area contributed by atoms with Crippen molar-refractivity contribution >= 4 is 27.6 Å². The number of aryl methyl sites for hydroxylation is 1. The molecule has 0 fully saturated rings. The Labute approximate surface area is 255 Å². The van der Waals surface area contributed by atoms with Gasteiger partial charge in [0.15, 0.2) is 0 Å². The molecule has 4 rings (SSSR count). The molecular formula is C34H42N2O6S. The number of ether oxygens (including phenoxy) is 2. The molecule has 0 bridgehead atoms. The third-order valence-electron chi connectivity index (χ3n) is 7.95. The molecule has 1 heterocycles. The number of amides is 1. The highest BCUT2D eigenvalue weighted by Crippen LogP contribution is 2.42.